The molecule has 0 bridgehead atoms. The van der Waals surface area contributed by atoms with E-state index in [0.29, 0.717) is 0 Å². The highest BCUT2D eigenvalue weighted by atomic mass is 35.5. The van der Waals surface area contributed by atoms with Gasteiger partial charge in [-0.2, -0.15) is 0 Å². The number of aliphatic carboxylic acids is 2. The number of aliphatic imine (C=N–C) groups is 1. The highest BCUT2D eigenvalue weighted by Crippen LogP contribution is 2.22. The van der Waals surface area contributed by atoms with E-state index < -0.39 is 24.1 Å². The minimum atomic E-state index is -2.27. The van der Waals surface area contributed by atoms with Crippen molar-refractivity contribution in [3.8, 4) is 0 Å². The van der Waals surface area contributed by atoms with Crippen molar-refractivity contribution in [3.05, 3.63) is 27.4 Å². The van der Waals surface area contributed by atoms with Crippen LogP contribution in [0.3, 0.4) is 0 Å². The maximum absolute atomic E-state index is 9.77. The number of aliphatic hydroxyl groups excluding tert-OH is 2. The summed E-state index contributed by atoms with van der Waals surface area (Å²) in [5, 5.41) is 32.5. The molecule has 1 aromatic heterocycles. The third-order valence-corrected chi connectivity index (χ3v) is 4.31. The zero-order valence-corrected chi connectivity index (χ0v) is 14.9. The molecule has 1 aliphatic heterocycles. The molecule has 4 N–H and O–H groups in total. The van der Waals surface area contributed by atoms with Gasteiger partial charge in [0, 0.05) is 25.0 Å². The third-order valence-electron chi connectivity index (χ3n) is 3.11. The summed E-state index contributed by atoms with van der Waals surface area (Å²) in [5.74, 6) is -2.48. The normalized spacial score (nSPS) is 16.6. The van der Waals surface area contributed by atoms with E-state index in [1.807, 2.05) is 12.1 Å². The van der Waals surface area contributed by atoms with Crippen LogP contribution in [0.2, 0.25) is 4.34 Å². The zero-order valence-electron chi connectivity index (χ0n) is 13.4. The average molecular weight is 391 g/mol. The van der Waals surface area contributed by atoms with Crippen molar-refractivity contribution >= 4 is 46.8 Å². The van der Waals surface area contributed by atoms with Crippen molar-refractivity contribution < 1.29 is 30.0 Å². The molecule has 1 aromatic rings. The van der Waals surface area contributed by atoms with Crippen LogP contribution in [0.1, 0.15) is 11.3 Å². The van der Waals surface area contributed by atoms with Crippen LogP contribution in [-0.4, -0.2) is 75.4 Å². The lowest BCUT2D eigenvalue weighted by Gasteiger charge is -2.22. The van der Waals surface area contributed by atoms with E-state index in [4.69, 9.17) is 32.0 Å². The minimum Gasteiger partial charge on any atom is -0.479 e. The molecule has 0 aromatic carbocycles. The fourth-order valence-corrected chi connectivity index (χ4v) is 2.72. The second-order valence-electron chi connectivity index (χ2n) is 5.06. The smallest absolute Gasteiger partial charge is 0.335 e. The first-order valence-electron chi connectivity index (χ1n) is 7.23. The summed E-state index contributed by atoms with van der Waals surface area (Å²) in [6.45, 7) is 2.03. The Hall–Kier alpha value is -1.94. The van der Waals surface area contributed by atoms with Gasteiger partial charge < -0.3 is 25.3 Å². The molecule has 2 rings (SSSR count). The number of halogens is 1. The molecule has 2 atom stereocenters. The number of hydrogen-bond donors (Lipinski definition) is 4. The van der Waals surface area contributed by atoms with Gasteiger partial charge in [0.15, 0.2) is 12.2 Å². The lowest BCUT2D eigenvalue weighted by molar-refractivity contribution is -0.165. The number of aliphatic hydroxyl groups is 2. The summed E-state index contributed by atoms with van der Waals surface area (Å²) in [7, 11) is 2.07. The Bertz CT molecular complexity index is 642. The summed E-state index contributed by atoms with van der Waals surface area (Å²) < 4.78 is 0.827. The van der Waals surface area contributed by atoms with E-state index in [2.05, 4.69) is 29.1 Å². The van der Waals surface area contributed by atoms with Gasteiger partial charge in [-0.15, -0.1) is 11.3 Å². The van der Waals surface area contributed by atoms with E-state index in [-0.39, 0.29) is 0 Å². The largest absolute Gasteiger partial charge is 0.479 e. The molecule has 1 aliphatic rings. The number of carboxylic acids is 2. The van der Waals surface area contributed by atoms with Crippen LogP contribution in [0.4, 0.5) is 0 Å². The first-order chi connectivity index (χ1) is 11.7. The third kappa shape index (κ3) is 7.22. The van der Waals surface area contributed by atoms with Crippen LogP contribution in [0, 0.1) is 0 Å². The van der Waals surface area contributed by atoms with Crippen molar-refractivity contribution in [1.82, 2.24) is 4.90 Å². The molecule has 10 heteroatoms. The molecule has 138 valence electrons. The number of carbonyl (C=O) groups is 2. The van der Waals surface area contributed by atoms with Crippen molar-refractivity contribution in [1.29, 1.82) is 0 Å². The topological polar surface area (TPSA) is 131 Å². The first kappa shape index (κ1) is 21.1. The van der Waals surface area contributed by atoms with Gasteiger partial charge in [0.1, 0.15) is 5.84 Å². The molecule has 0 aliphatic carbocycles. The SMILES string of the molecule is CN1CCCN=C1C=Cc1ccc(Cl)s1.O=C(O)C(O)C(O)C(=O)O. The van der Waals surface area contributed by atoms with Gasteiger partial charge in [-0.05, 0) is 30.7 Å². The Morgan fingerprint density at radius 2 is 1.84 bits per heavy atom. The van der Waals surface area contributed by atoms with Gasteiger partial charge in [0.25, 0.3) is 0 Å². The number of amidine groups is 1. The number of thiophene rings is 1. The first-order valence-corrected chi connectivity index (χ1v) is 8.42. The second-order valence-corrected chi connectivity index (χ2v) is 6.80. The number of rotatable bonds is 5. The molecular weight excluding hydrogens is 372 g/mol. The van der Waals surface area contributed by atoms with Crippen LogP contribution in [0.5, 0.6) is 0 Å². The minimum absolute atomic E-state index is 0.827. The van der Waals surface area contributed by atoms with Crippen LogP contribution in [0.15, 0.2) is 23.2 Å². The Labute approximate surface area is 153 Å². The Balaban J connectivity index is 0.000000275. The zero-order chi connectivity index (χ0) is 19.0. The standard InChI is InChI=1S/C11H13ClN2S.C4H6O6/c1-14-8-2-7-13-11(14)6-4-9-3-5-10(12)15-9;5-1(3(7)8)2(6)4(9)10/h3-6H,2,7-8H2,1H3;1-2,5-6H,(H,7,8)(H,9,10). The van der Waals surface area contributed by atoms with Crippen molar-refractivity contribution in [2.75, 3.05) is 20.1 Å². The van der Waals surface area contributed by atoms with Crippen molar-refractivity contribution in [2.24, 2.45) is 4.99 Å². The van der Waals surface area contributed by atoms with Gasteiger partial charge in [-0.3, -0.25) is 4.99 Å². The Kier molecular flexibility index (Phi) is 8.56. The molecule has 0 fully saturated rings. The maximum atomic E-state index is 9.77. The van der Waals surface area contributed by atoms with Crippen LogP contribution in [0.25, 0.3) is 6.08 Å². The maximum Gasteiger partial charge on any atom is 0.335 e. The number of likely N-dealkylation sites (N-methyl/N-ethyl adjacent to an activating group) is 1. The summed E-state index contributed by atoms with van der Waals surface area (Å²) in [5.41, 5.74) is 0. The molecular formula is C15H19ClN2O6S. The Morgan fingerprint density at radius 1 is 1.24 bits per heavy atom. The molecule has 0 spiro atoms. The highest BCUT2D eigenvalue weighted by molar-refractivity contribution is 7.17. The molecule has 0 radical (unpaired) electrons. The van der Waals surface area contributed by atoms with E-state index in [1.165, 1.54) is 4.88 Å². The summed E-state index contributed by atoms with van der Waals surface area (Å²) in [6.07, 6.45) is 0.743. The highest BCUT2D eigenvalue weighted by Gasteiger charge is 2.29. The van der Waals surface area contributed by atoms with Gasteiger partial charge in [0.05, 0.1) is 4.34 Å². The monoisotopic (exact) mass is 390 g/mol. The fraction of sp³-hybridized carbons (Fsp3) is 0.400. The van der Waals surface area contributed by atoms with Crippen molar-refractivity contribution in [2.45, 2.75) is 18.6 Å². The number of carboxylic acid groups (broad SMARTS) is 2. The number of nitrogens with zero attached hydrogens (tertiary/aromatic N) is 2. The van der Waals surface area contributed by atoms with Gasteiger partial charge in [-0.1, -0.05) is 11.6 Å². The lowest BCUT2D eigenvalue weighted by Crippen LogP contribution is -2.39. The molecule has 2 unspecified atom stereocenters. The number of hydrogen-bond acceptors (Lipinski definition) is 7. The van der Waals surface area contributed by atoms with E-state index in [1.54, 1.807) is 11.3 Å². The predicted molar refractivity (Wildman–Crippen MR) is 95.2 cm³/mol. The fourth-order valence-electron chi connectivity index (χ4n) is 1.76. The lowest BCUT2D eigenvalue weighted by atomic mass is 10.2. The van der Waals surface area contributed by atoms with Crippen LogP contribution in [-0.2, 0) is 9.59 Å². The Morgan fingerprint density at radius 3 is 2.28 bits per heavy atom. The molecule has 2 heterocycles. The second kappa shape index (κ2) is 10.1. The van der Waals surface area contributed by atoms with Crippen LogP contribution >= 0.6 is 22.9 Å². The molecule has 8 nitrogen and oxygen atoms in total. The van der Waals surface area contributed by atoms with Gasteiger partial charge >= 0.3 is 11.9 Å². The summed E-state index contributed by atoms with van der Waals surface area (Å²) >= 11 is 7.44. The molecule has 25 heavy (non-hydrogen) atoms. The predicted octanol–water partition coefficient (Wildman–Crippen LogP) is 1.03. The van der Waals surface area contributed by atoms with Crippen molar-refractivity contribution in [3.63, 3.8) is 0 Å². The van der Waals surface area contributed by atoms with E-state index in [9.17, 15) is 9.59 Å². The summed E-state index contributed by atoms with van der Waals surface area (Å²) in [4.78, 5) is 27.3. The average Bonchev–Trinajstić information content (AvgIpc) is 2.98. The quantitative estimate of drug-likeness (QED) is 0.590. The molecule has 0 saturated carbocycles. The molecule has 0 amide bonds. The summed E-state index contributed by atoms with van der Waals surface area (Å²) in [6, 6.07) is 3.94. The van der Waals surface area contributed by atoms with E-state index in [0.717, 1.165) is 29.7 Å². The van der Waals surface area contributed by atoms with Crippen LogP contribution < -0.4 is 0 Å². The van der Waals surface area contributed by atoms with Gasteiger partial charge in [-0.25, -0.2) is 9.59 Å². The van der Waals surface area contributed by atoms with Gasteiger partial charge in [0.2, 0.25) is 0 Å². The van der Waals surface area contributed by atoms with E-state index >= 15 is 0 Å². The molecule has 0 saturated heterocycles.